The van der Waals surface area contributed by atoms with Crippen LogP contribution < -0.4 is 4.90 Å². The van der Waals surface area contributed by atoms with Crippen LogP contribution in [-0.4, -0.2) is 0 Å². The van der Waals surface area contributed by atoms with Crippen LogP contribution in [0.4, 0.5) is 5.69 Å². The van der Waals surface area contributed by atoms with Crippen LogP contribution in [0.1, 0.15) is 58.6 Å². The van der Waals surface area contributed by atoms with Crippen LogP contribution in [0.3, 0.4) is 0 Å². The molecule has 0 atom stereocenters. The SMILES string of the molecule is C=C\C=C(/C=C/C=C/C(C)=C(\C=C)C(=C)N(C(=C)c1ccc(C(C)(C)C)cc1)c1ccccc1)CCC. The topological polar surface area (TPSA) is 3.24 Å². The molecule has 0 saturated carbocycles. The highest BCUT2D eigenvalue weighted by molar-refractivity contribution is 5.83. The van der Waals surface area contributed by atoms with E-state index in [4.69, 9.17) is 0 Å². The van der Waals surface area contributed by atoms with Gasteiger partial charge in [-0.3, -0.25) is 0 Å². The maximum atomic E-state index is 4.50. The van der Waals surface area contributed by atoms with Crippen molar-refractivity contribution in [2.24, 2.45) is 0 Å². The Kier molecular flexibility index (Phi) is 11.2. The molecule has 37 heavy (non-hydrogen) atoms. The second-order valence-corrected chi connectivity index (χ2v) is 10.1. The number of nitrogens with zero attached hydrogens (tertiary/aromatic N) is 1. The second-order valence-electron chi connectivity index (χ2n) is 10.1. The van der Waals surface area contributed by atoms with Gasteiger partial charge in [-0.25, -0.2) is 0 Å². The van der Waals surface area contributed by atoms with Crippen molar-refractivity contribution in [2.45, 2.75) is 52.9 Å². The first-order chi connectivity index (χ1) is 17.6. The van der Waals surface area contributed by atoms with Crippen molar-refractivity contribution in [1.29, 1.82) is 0 Å². The van der Waals surface area contributed by atoms with E-state index in [1.165, 1.54) is 11.1 Å². The molecule has 0 saturated heterocycles. The average molecular weight is 490 g/mol. The zero-order chi connectivity index (χ0) is 27.4. The maximum absolute atomic E-state index is 4.50. The summed E-state index contributed by atoms with van der Waals surface area (Å²) < 4.78 is 0. The summed E-state index contributed by atoms with van der Waals surface area (Å²) in [6, 6.07) is 18.9. The lowest BCUT2D eigenvalue weighted by Gasteiger charge is -2.30. The van der Waals surface area contributed by atoms with Crippen molar-refractivity contribution in [3.05, 3.63) is 157 Å². The summed E-state index contributed by atoms with van der Waals surface area (Å²) in [5, 5.41) is 0. The first-order valence-corrected chi connectivity index (χ1v) is 13.0. The Balaban J connectivity index is 2.44. The predicted molar refractivity (Wildman–Crippen MR) is 167 cm³/mol. The van der Waals surface area contributed by atoms with Crippen molar-refractivity contribution in [1.82, 2.24) is 0 Å². The number of benzene rings is 2. The monoisotopic (exact) mass is 489 g/mol. The van der Waals surface area contributed by atoms with E-state index in [9.17, 15) is 0 Å². The van der Waals surface area contributed by atoms with E-state index in [1.807, 2.05) is 30.4 Å². The molecule has 0 radical (unpaired) electrons. The van der Waals surface area contributed by atoms with E-state index in [0.717, 1.165) is 46.6 Å². The van der Waals surface area contributed by atoms with Gasteiger partial charge in [0.1, 0.15) is 0 Å². The Bertz CT molecular complexity index is 1210. The minimum absolute atomic E-state index is 0.0952. The van der Waals surface area contributed by atoms with Crippen LogP contribution in [0.2, 0.25) is 0 Å². The number of hydrogen-bond donors (Lipinski definition) is 0. The highest BCUT2D eigenvalue weighted by atomic mass is 15.2. The highest BCUT2D eigenvalue weighted by Gasteiger charge is 2.19. The second kappa shape index (κ2) is 14.0. The lowest BCUT2D eigenvalue weighted by Crippen LogP contribution is -2.21. The summed E-state index contributed by atoms with van der Waals surface area (Å²) in [5.74, 6) is 0. The maximum Gasteiger partial charge on any atom is 0.0464 e. The van der Waals surface area contributed by atoms with E-state index in [1.54, 1.807) is 0 Å². The number of rotatable bonds is 12. The minimum atomic E-state index is 0.0952. The van der Waals surface area contributed by atoms with Crippen LogP contribution in [-0.2, 0) is 5.41 Å². The molecule has 0 fully saturated rings. The molecule has 192 valence electrons. The van der Waals surface area contributed by atoms with Crippen molar-refractivity contribution in [3.8, 4) is 0 Å². The summed E-state index contributed by atoms with van der Waals surface area (Å²) in [4.78, 5) is 2.11. The Labute approximate surface area is 225 Å². The van der Waals surface area contributed by atoms with Crippen LogP contribution in [0.15, 0.2) is 146 Å². The number of para-hydroxylation sites is 1. The Morgan fingerprint density at radius 1 is 0.892 bits per heavy atom. The molecule has 1 heteroatoms. The van der Waals surface area contributed by atoms with Gasteiger partial charge in [-0.15, -0.1) is 0 Å². The van der Waals surface area contributed by atoms with Gasteiger partial charge < -0.3 is 4.90 Å². The Morgan fingerprint density at radius 3 is 2.05 bits per heavy atom. The molecule has 2 aromatic carbocycles. The summed E-state index contributed by atoms with van der Waals surface area (Å²) in [7, 11) is 0. The fourth-order valence-corrected chi connectivity index (χ4v) is 4.10. The number of allylic oxidation sites excluding steroid dienone is 9. The van der Waals surface area contributed by atoms with Crippen molar-refractivity contribution < 1.29 is 0 Å². The van der Waals surface area contributed by atoms with E-state index in [2.05, 4.69) is 133 Å². The molecule has 0 spiro atoms. The third-order valence-electron chi connectivity index (χ3n) is 6.22. The Hall–Kier alpha value is -3.84. The quantitative estimate of drug-likeness (QED) is 0.268. The van der Waals surface area contributed by atoms with E-state index >= 15 is 0 Å². The standard InChI is InChI=1S/C36H43N/c1-10-18-31(19-11-2)21-17-16-20-28(4)35(12-3)30(6)37(34-22-14-13-15-23-34)29(5)32-24-26-33(27-25-32)36(7,8)9/h10,12-18,20-27H,1,3,5-6,11,19H2,2,4,7-9H3/b20-16+,21-17+,31-18-,35-28+. The van der Waals surface area contributed by atoms with Gasteiger partial charge in [0.25, 0.3) is 0 Å². The zero-order valence-corrected chi connectivity index (χ0v) is 23.4. The smallest absolute Gasteiger partial charge is 0.0464 e. The molecule has 0 aliphatic rings. The number of anilines is 1. The molecule has 0 heterocycles. The zero-order valence-electron chi connectivity index (χ0n) is 23.4. The molecular formula is C36H43N. The predicted octanol–water partition coefficient (Wildman–Crippen LogP) is 10.5. The molecule has 0 N–H and O–H groups in total. The van der Waals surface area contributed by atoms with E-state index < -0.39 is 0 Å². The fraction of sp³-hybridized carbons (Fsp3) is 0.222. The molecule has 0 aliphatic heterocycles. The molecule has 0 amide bonds. The minimum Gasteiger partial charge on any atom is -0.310 e. The molecule has 1 nitrogen and oxygen atoms in total. The van der Waals surface area contributed by atoms with Gasteiger partial charge in [0.15, 0.2) is 0 Å². The molecule has 2 rings (SSSR count). The Morgan fingerprint density at radius 2 is 1.51 bits per heavy atom. The van der Waals surface area contributed by atoms with Gasteiger partial charge in [-0.05, 0) is 53.2 Å². The van der Waals surface area contributed by atoms with Crippen LogP contribution in [0.5, 0.6) is 0 Å². The first kappa shape index (κ1) is 29.4. The van der Waals surface area contributed by atoms with Crippen LogP contribution >= 0.6 is 0 Å². The first-order valence-electron chi connectivity index (χ1n) is 13.0. The third-order valence-corrected chi connectivity index (χ3v) is 6.22. The van der Waals surface area contributed by atoms with Crippen molar-refractivity contribution >= 4 is 11.4 Å². The average Bonchev–Trinajstić information content (AvgIpc) is 2.87. The molecule has 0 aromatic heterocycles. The summed E-state index contributed by atoms with van der Waals surface area (Å²) in [5.41, 5.74) is 8.45. The molecular weight excluding hydrogens is 446 g/mol. The third kappa shape index (κ3) is 8.36. The van der Waals surface area contributed by atoms with E-state index in [-0.39, 0.29) is 5.41 Å². The molecule has 0 aliphatic carbocycles. The number of hydrogen-bond acceptors (Lipinski definition) is 1. The summed E-state index contributed by atoms with van der Waals surface area (Å²) in [6.45, 7) is 27.8. The fourth-order valence-electron chi connectivity index (χ4n) is 4.10. The van der Waals surface area contributed by atoms with Gasteiger partial charge in [0, 0.05) is 22.7 Å². The van der Waals surface area contributed by atoms with Gasteiger partial charge in [0.2, 0.25) is 0 Å². The van der Waals surface area contributed by atoms with Crippen LogP contribution in [0, 0.1) is 0 Å². The molecule has 0 unspecified atom stereocenters. The van der Waals surface area contributed by atoms with Gasteiger partial charge in [-0.2, -0.15) is 0 Å². The highest BCUT2D eigenvalue weighted by Crippen LogP contribution is 2.34. The van der Waals surface area contributed by atoms with Gasteiger partial charge in [-0.1, -0.05) is 145 Å². The largest absolute Gasteiger partial charge is 0.310 e. The lowest BCUT2D eigenvalue weighted by atomic mass is 9.86. The van der Waals surface area contributed by atoms with Gasteiger partial charge in [0.05, 0.1) is 0 Å². The van der Waals surface area contributed by atoms with E-state index in [0.29, 0.717) is 0 Å². The van der Waals surface area contributed by atoms with Crippen molar-refractivity contribution in [2.75, 3.05) is 4.90 Å². The van der Waals surface area contributed by atoms with Gasteiger partial charge >= 0.3 is 0 Å². The lowest BCUT2D eigenvalue weighted by molar-refractivity contribution is 0.590. The van der Waals surface area contributed by atoms with Crippen molar-refractivity contribution in [3.63, 3.8) is 0 Å². The van der Waals surface area contributed by atoms with Crippen LogP contribution in [0.25, 0.3) is 5.70 Å². The summed E-state index contributed by atoms with van der Waals surface area (Å²) in [6.07, 6.45) is 16.3. The summed E-state index contributed by atoms with van der Waals surface area (Å²) >= 11 is 0. The molecule has 2 aromatic rings. The normalized spacial score (nSPS) is 12.9. The molecule has 0 bridgehead atoms.